The molecule has 0 aliphatic heterocycles. The number of halogens is 3. The van der Waals surface area contributed by atoms with Gasteiger partial charge < -0.3 is 10.6 Å². The summed E-state index contributed by atoms with van der Waals surface area (Å²) in [5, 5.41) is 11.8. The average Bonchev–Trinajstić information content (AvgIpc) is 2.70. The second-order valence-corrected chi connectivity index (χ2v) is 6.23. The van der Waals surface area contributed by atoms with Crippen molar-refractivity contribution >= 4 is 69.8 Å². The van der Waals surface area contributed by atoms with E-state index < -0.39 is 0 Å². The second kappa shape index (κ2) is 7.98. The molecule has 0 bridgehead atoms. The number of methoxy groups -OCH3 is 1. The second-order valence-electron chi connectivity index (χ2n) is 3.82. The van der Waals surface area contributed by atoms with Crippen LogP contribution in [0.1, 0.15) is 11.4 Å². The van der Waals surface area contributed by atoms with Gasteiger partial charge in [0.2, 0.25) is 0 Å². The molecule has 0 saturated heterocycles. The number of hydrazone groups is 1. The lowest BCUT2D eigenvalue weighted by Gasteiger charge is -2.07. The highest BCUT2D eigenvalue weighted by atomic mass is 127. The Morgan fingerprint density at radius 1 is 1.38 bits per heavy atom. The number of hydrogen-bond acceptors (Lipinski definition) is 6. The van der Waals surface area contributed by atoms with Gasteiger partial charge in [0.1, 0.15) is 5.75 Å². The Morgan fingerprint density at radius 3 is 2.67 bits per heavy atom. The zero-order chi connectivity index (χ0) is 14.7. The highest BCUT2D eigenvalue weighted by Gasteiger charge is 2.08. The highest BCUT2D eigenvalue weighted by molar-refractivity contribution is 14.1. The lowest BCUT2D eigenvalue weighted by molar-refractivity contribution is 0.411. The third kappa shape index (κ3) is 4.32. The van der Waals surface area contributed by atoms with Crippen molar-refractivity contribution in [2.24, 2.45) is 5.10 Å². The summed E-state index contributed by atoms with van der Waals surface area (Å²) in [7, 11) is 1.63. The molecular weight excluding hydrogens is 521 g/mol. The fraction of sp³-hybridized carbons (Fsp3) is 0.182. The van der Waals surface area contributed by atoms with Gasteiger partial charge in [-0.2, -0.15) is 5.10 Å². The van der Waals surface area contributed by atoms with Gasteiger partial charge in [0.25, 0.3) is 5.95 Å². The van der Waals surface area contributed by atoms with E-state index >= 15 is 0 Å². The van der Waals surface area contributed by atoms with Crippen LogP contribution in [0.3, 0.4) is 0 Å². The summed E-state index contributed by atoms with van der Waals surface area (Å²) in [5.41, 5.74) is 3.62. The van der Waals surface area contributed by atoms with Gasteiger partial charge in [0, 0.05) is 9.13 Å². The minimum atomic E-state index is 0. The van der Waals surface area contributed by atoms with Gasteiger partial charge >= 0.3 is 0 Å². The summed E-state index contributed by atoms with van der Waals surface area (Å²) in [4.78, 5) is 0. The van der Waals surface area contributed by atoms with Crippen LogP contribution in [-0.2, 0) is 0 Å². The van der Waals surface area contributed by atoms with Gasteiger partial charge in [0.15, 0.2) is 5.82 Å². The third-order valence-corrected chi connectivity index (χ3v) is 3.90. The predicted molar refractivity (Wildman–Crippen MR) is 102 cm³/mol. The van der Waals surface area contributed by atoms with Crippen LogP contribution in [0.15, 0.2) is 17.2 Å². The van der Waals surface area contributed by atoms with Crippen molar-refractivity contribution in [1.29, 1.82) is 0 Å². The van der Waals surface area contributed by atoms with Crippen LogP contribution in [-0.4, -0.2) is 28.2 Å². The predicted octanol–water partition coefficient (Wildman–Crippen LogP) is 2.39. The smallest absolute Gasteiger partial charge is 0.263 e. The van der Waals surface area contributed by atoms with E-state index in [-0.39, 0.29) is 12.4 Å². The van der Waals surface area contributed by atoms with Crippen molar-refractivity contribution in [2.75, 3.05) is 18.4 Å². The zero-order valence-electron chi connectivity index (χ0n) is 11.2. The van der Waals surface area contributed by atoms with Crippen molar-refractivity contribution in [1.82, 2.24) is 14.9 Å². The topological polar surface area (TPSA) is 90.3 Å². The van der Waals surface area contributed by atoms with E-state index in [9.17, 15) is 0 Å². The molecule has 1 aromatic carbocycles. The first-order chi connectivity index (χ1) is 9.52. The van der Waals surface area contributed by atoms with E-state index in [0.717, 1.165) is 18.5 Å². The number of nitrogens with one attached hydrogen (secondary N) is 1. The molecule has 7 nitrogen and oxygen atoms in total. The molecule has 0 amide bonds. The number of ether oxygens (including phenoxy) is 1. The van der Waals surface area contributed by atoms with Gasteiger partial charge in [0.05, 0.1) is 16.9 Å². The molecule has 21 heavy (non-hydrogen) atoms. The van der Waals surface area contributed by atoms with Crippen molar-refractivity contribution in [3.63, 3.8) is 0 Å². The molecule has 3 N–H and O–H groups in total. The summed E-state index contributed by atoms with van der Waals surface area (Å²) in [5.74, 6) is 7.47. The highest BCUT2D eigenvalue weighted by Crippen LogP contribution is 2.26. The monoisotopic (exact) mass is 534 g/mol. The lowest BCUT2D eigenvalue weighted by Crippen LogP contribution is -2.13. The number of nitrogens with two attached hydrogens (primary N) is 1. The number of nitrogens with zero attached hydrogens (tertiary/aromatic N) is 4. The average molecular weight is 535 g/mol. The van der Waals surface area contributed by atoms with E-state index in [4.69, 9.17) is 10.6 Å². The van der Waals surface area contributed by atoms with E-state index in [0.29, 0.717) is 11.8 Å². The molecule has 0 aliphatic rings. The van der Waals surface area contributed by atoms with Gasteiger partial charge in [-0.05, 0) is 64.2 Å². The van der Waals surface area contributed by atoms with Crippen molar-refractivity contribution in [2.45, 2.75) is 6.92 Å². The third-order valence-electron chi connectivity index (χ3n) is 2.48. The maximum Gasteiger partial charge on any atom is 0.263 e. The number of nitrogen functional groups attached to an aromatic ring is 1. The number of hydrogen-bond donors (Lipinski definition) is 2. The molecule has 114 valence electrons. The molecule has 0 radical (unpaired) electrons. The number of aromatic nitrogens is 3. The molecule has 10 heteroatoms. The molecule has 2 aromatic rings. The minimum Gasteiger partial charge on any atom is -0.495 e. The molecule has 2 rings (SSSR count). The van der Waals surface area contributed by atoms with Crippen molar-refractivity contribution in [3.8, 4) is 5.75 Å². The number of aryl methyl sites for hydroxylation is 1. The number of rotatable bonds is 4. The maximum absolute atomic E-state index is 5.71. The normalized spacial score (nSPS) is 10.5. The van der Waals surface area contributed by atoms with Gasteiger partial charge in [-0.15, -0.1) is 22.6 Å². The first-order valence-corrected chi connectivity index (χ1v) is 7.68. The Hall–Kier alpha value is -0.820. The molecule has 0 spiro atoms. The molecular formula is C11H13ClI2N6O. The summed E-state index contributed by atoms with van der Waals surface area (Å²) >= 11 is 4.47. The van der Waals surface area contributed by atoms with Crippen LogP contribution in [0.2, 0.25) is 0 Å². The fourth-order valence-electron chi connectivity index (χ4n) is 1.50. The summed E-state index contributed by atoms with van der Waals surface area (Å²) in [6.07, 6.45) is 1.66. The molecule has 0 saturated carbocycles. The Kier molecular flexibility index (Phi) is 6.93. The zero-order valence-corrected chi connectivity index (χ0v) is 16.3. The standard InChI is InChI=1S/C11H12I2N6O.ClH/c1-6-16-18-11(19(6)14)17-15-5-7-3-8(12)4-9(13)10(7)20-2;/h3-5H,14H2,1-2H3,(H,17,18);1H/b15-5+;. The van der Waals surface area contributed by atoms with Crippen molar-refractivity contribution in [3.05, 3.63) is 30.7 Å². The van der Waals surface area contributed by atoms with Gasteiger partial charge in [-0.1, -0.05) is 0 Å². The van der Waals surface area contributed by atoms with Crippen LogP contribution in [0.5, 0.6) is 5.75 Å². The molecule has 0 atom stereocenters. The number of benzene rings is 1. The molecule has 0 fully saturated rings. The molecule has 1 aromatic heterocycles. The Morgan fingerprint density at radius 2 is 2.10 bits per heavy atom. The quantitative estimate of drug-likeness (QED) is 0.272. The van der Waals surface area contributed by atoms with E-state index in [2.05, 4.69) is 65.9 Å². The molecule has 1 heterocycles. The Labute approximate surface area is 155 Å². The van der Waals surface area contributed by atoms with Crippen LogP contribution < -0.4 is 16.0 Å². The van der Waals surface area contributed by atoms with Crippen LogP contribution in [0.25, 0.3) is 0 Å². The largest absolute Gasteiger partial charge is 0.495 e. The lowest BCUT2D eigenvalue weighted by atomic mass is 10.2. The molecule has 0 aliphatic carbocycles. The minimum absolute atomic E-state index is 0. The van der Waals surface area contributed by atoms with Gasteiger partial charge in [-0.25, -0.2) is 10.1 Å². The molecule has 0 unspecified atom stereocenters. The van der Waals surface area contributed by atoms with Crippen LogP contribution >= 0.6 is 57.6 Å². The van der Waals surface area contributed by atoms with Gasteiger partial charge in [-0.3, -0.25) is 0 Å². The van der Waals surface area contributed by atoms with E-state index in [1.54, 1.807) is 20.2 Å². The van der Waals surface area contributed by atoms with Crippen LogP contribution in [0.4, 0.5) is 5.95 Å². The summed E-state index contributed by atoms with van der Waals surface area (Å²) in [6.45, 7) is 1.76. The Bertz CT molecular complexity index is 660. The summed E-state index contributed by atoms with van der Waals surface area (Å²) < 4.78 is 8.83. The first-order valence-electron chi connectivity index (χ1n) is 5.52. The van der Waals surface area contributed by atoms with Crippen molar-refractivity contribution < 1.29 is 4.74 Å². The summed E-state index contributed by atoms with van der Waals surface area (Å²) in [6, 6.07) is 4.01. The van der Waals surface area contributed by atoms with E-state index in [1.807, 2.05) is 12.1 Å². The number of anilines is 1. The fourth-order valence-corrected chi connectivity index (χ4v) is 3.61. The SMILES string of the molecule is COc1c(I)cc(I)cc1/C=N/Nc1nnc(C)n1N.Cl. The van der Waals surface area contributed by atoms with Crippen LogP contribution in [0, 0.1) is 14.1 Å². The first kappa shape index (κ1) is 18.2. The Balaban J connectivity index is 0.00000220. The maximum atomic E-state index is 5.71. The van der Waals surface area contributed by atoms with E-state index in [1.165, 1.54) is 4.68 Å².